The number of carbonyl (C=O) groups excluding carboxylic acids is 2. The Hall–Kier alpha value is -4.61. The van der Waals surface area contributed by atoms with E-state index in [1.54, 1.807) is 57.6 Å². The molecule has 1 fully saturated rings. The van der Waals surface area contributed by atoms with Gasteiger partial charge >= 0.3 is 0 Å². The first-order valence-electron chi connectivity index (χ1n) is 14.9. The van der Waals surface area contributed by atoms with Crippen molar-refractivity contribution >= 4 is 17.5 Å². The molecule has 2 aliphatic heterocycles. The summed E-state index contributed by atoms with van der Waals surface area (Å²) in [6, 6.07) is 19.5. The fourth-order valence-electron chi connectivity index (χ4n) is 5.53. The monoisotopic (exact) mass is 616 g/mol. The smallest absolute Gasteiger partial charge is 0.262 e. The molecule has 5 rings (SSSR count). The number of methoxy groups -OCH3 is 4. The van der Waals surface area contributed by atoms with E-state index in [1.807, 2.05) is 42.5 Å². The van der Waals surface area contributed by atoms with Crippen LogP contribution in [-0.2, 0) is 9.53 Å². The molecule has 2 aliphatic rings. The minimum absolute atomic E-state index is 0.155. The summed E-state index contributed by atoms with van der Waals surface area (Å²) in [6.07, 6.45) is 0.446. The molecule has 0 bridgehead atoms. The second-order valence-corrected chi connectivity index (χ2v) is 10.8. The van der Waals surface area contributed by atoms with Gasteiger partial charge in [0.1, 0.15) is 29.5 Å². The minimum Gasteiger partial charge on any atom is -0.497 e. The number of nitrogens with zero attached hydrogens (tertiary/aromatic N) is 4. The maximum atomic E-state index is 14.2. The summed E-state index contributed by atoms with van der Waals surface area (Å²) in [5.41, 5.74) is 2.85. The van der Waals surface area contributed by atoms with E-state index in [4.69, 9.17) is 28.8 Å². The molecule has 2 heterocycles. The molecule has 0 N–H and O–H groups in total. The van der Waals surface area contributed by atoms with Crippen LogP contribution in [0.3, 0.4) is 0 Å². The minimum atomic E-state index is -0.475. The van der Waals surface area contributed by atoms with Crippen LogP contribution >= 0.6 is 0 Å². The highest BCUT2D eigenvalue weighted by atomic mass is 16.5. The molecule has 238 valence electrons. The van der Waals surface area contributed by atoms with Crippen LogP contribution in [0.25, 0.3) is 0 Å². The van der Waals surface area contributed by atoms with Crippen molar-refractivity contribution in [2.24, 2.45) is 5.10 Å². The van der Waals surface area contributed by atoms with E-state index in [0.717, 1.165) is 35.7 Å². The van der Waals surface area contributed by atoms with Gasteiger partial charge in [-0.1, -0.05) is 0 Å². The molecule has 45 heavy (non-hydrogen) atoms. The fraction of sp³-hybridized carbons (Fsp3) is 0.382. The van der Waals surface area contributed by atoms with Crippen LogP contribution in [-0.4, -0.2) is 107 Å². The van der Waals surface area contributed by atoms with Crippen molar-refractivity contribution in [1.82, 2.24) is 14.8 Å². The third-order valence-electron chi connectivity index (χ3n) is 8.13. The first-order chi connectivity index (χ1) is 21.9. The van der Waals surface area contributed by atoms with Gasteiger partial charge in [-0.05, 0) is 72.3 Å². The molecule has 11 nitrogen and oxygen atoms in total. The molecular weight excluding hydrogens is 576 g/mol. The van der Waals surface area contributed by atoms with Gasteiger partial charge in [-0.3, -0.25) is 14.5 Å². The molecule has 3 aromatic carbocycles. The third kappa shape index (κ3) is 7.55. The van der Waals surface area contributed by atoms with Gasteiger partial charge in [-0.25, -0.2) is 5.01 Å². The van der Waals surface area contributed by atoms with Crippen LogP contribution < -0.4 is 18.9 Å². The summed E-state index contributed by atoms with van der Waals surface area (Å²) >= 11 is 0. The number of carbonyl (C=O) groups is 2. The average molecular weight is 617 g/mol. The number of hydrogen-bond donors (Lipinski definition) is 0. The number of benzene rings is 3. The summed E-state index contributed by atoms with van der Waals surface area (Å²) < 4.78 is 27.3. The van der Waals surface area contributed by atoms with E-state index in [1.165, 1.54) is 5.01 Å². The zero-order valence-corrected chi connectivity index (χ0v) is 26.2. The van der Waals surface area contributed by atoms with Crippen molar-refractivity contribution in [1.29, 1.82) is 0 Å². The standard InChI is InChI=1S/C34H40N4O7/c1-41-26-9-5-24(6-10-26)30-22-31(29-21-28(43-3)13-14-32(29)44-4)38(35-30)33(39)23-37(16-15-36-17-19-45-20-18-36)34(40)25-7-11-27(42-2)12-8-25/h5-14,21,31H,15-20,22-23H2,1-4H3. The van der Waals surface area contributed by atoms with Crippen LogP contribution in [0.5, 0.6) is 23.0 Å². The third-order valence-corrected chi connectivity index (χ3v) is 8.13. The topological polar surface area (TPSA) is 102 Å². The summed E-state index contributed by atoms with van der Waals surface area (Å²) in [7, 11) is 6.39. The van der Waals surface area contributed by atoms with Crippen molar-refractivity contribution in [2.45, 2.75) is 12.5 Å². The van der Waals surface area contributed by atoms with Crippen molar-refractivity contribution in [3.05, 3.63) is 83.4 Å². The maximum Gasteiger partial charge on any atom is 0.262 e. The largest absolute Gasteiger partial charge is 0.497 e. The van der Waals surface area contributed by atoms with E-state index in [9.17, 15) is 9.59 Å². The molecule has 0 aliphatic carbocycles. The molecule has 1 saturated heterocycles. The Kier molecular flexibility index (Phi) is 10.5. The predicted molar refractivity (Wildman–Crippen MR) is 169 cm³/mol. The number of hydrogen-bond acceptors (Lipinski definition) is 9. The van der Waals surface area contributed by atoms with Crippen LogP contribution in [0, 0.1) is 0 Å². The molecule has 3 aromatic rings. The molecule has 0 radical (unpaired) electrons. The lowest BCUT2D eigenvalue weighted by Crippen LogP contribution is -2.46. The predicted octanol–water partition coefficient (Wildman–Crippen LogP) is 3.87. The Balaban J connectivity index is 1.46. The Morgan fingerprint density at radius 2 is 1.47 bits per heavy atom. The molecule has 0 spiro atoms. The molecular formula is C34H40N4O7. The van der Waals surface area contributed by atoms with Crippen molar-refractivity contribution in [3.63, 3.8) is 0 Å². The Labute approximate surface area is 263 Å². The van der Waals surface area contributed by atoms with Crippen molar-refractivity contribution < 1.29 is 33.3 Å². The second kappa shape index (κ2) is 14.9. The molecule has 1 atom stereocenters. The molecule has 11 heteroatoms. The highest BCUT2D eigenvalue weighted by Crippen LogP contribution is 2.39. The van der Waals surface area contributed by atoms with Gasteiger partial charge in [0, 0.05) is 43.7 Å². The van der Waals surface area contributed by atoms with Crippen LogP contribution in [0.1, 0.15) is 33.9 Å². The number of hydrazone groups is 1. The zero-order valence-electron chi connectivity index (χ0n) is 26.2. The zero-order chi connectivity index (χ0) is 31.8. The Morgan fingerprint density at radius 1 is 0.844 bits per heavy atom. The normalized spacial score (nSPS) is 16.6. The number of amides is 2. The van der Waals surface area contributed by atoms with Crippen molar-refractivity contribution in [2.75, 3.05) is 74.4 Å². The quantitative estimate of drug-likeness (QED) is 0.302. The lowest BCUT2D eigenvalue weighted by Gasteiger charge is -2.31. The molecule has 0 aromatic heterocycles. The summed E-state index contributed by atoms with van der Waals surface area (Å²) in [4.78, 5) is 31.9. The SMILES string of the molecule is COc1ccc(C(=O)N(CCN2CCOCC2)CC(=O)N2N=C(c3ccc(OC)cc3)CC2c2cc(OC)ccc2OC)cc1. The van der Waals surface area contributed by atoms with Gasteiger partial charge in [0.2, 0.25) is 0 Å². The van der Waals surface area contributed by atoms with Gasteiger partial charge < -0.3 is 28.6 Å². The molecule has 2 amide bonds. The maximum absolute atomic E-state index is 14.2. The van der Waals surface area contributed by atoms with Crippen LogP contribution in [0.4, 0.5) is 0 Å². The van der Waals surface area contributed by atoms with E-state index in [-0.39, 0.29) is 18.4 Å². The highest BCUT2D eigenvalue weighted by Gasteiger charge is 2.36. The van der Waals surface area contributed by atoms with E-state index >= 15 is 0 Å². The second-order valence-electron chi connectivity index (χ2n) is 10.8. The first kappa shape index (κ1) is 31.8. The first-order valence-corrected chi connectivity index (χ1v) is 14.9. The van der Waals surface area contributed by atoms with Gasteiger partial charge in [-0.2, -0.15) is 5.10 Å². The summed E-state index contributed by atoms with van der Waals surface area (Å²) in [5, 5.41) is 6.33. The van der Waals surface area contributed by atoms with Gasteiger partial charge in [0.25, 0.3) is 11.8 Å². The lowest BCUT2D eigenvalue weighted by molar-refractivity contribution is -0.133. The summed E-state index contributed by atoms with van der Waals surface area (Å²) in [6.45, 7) is 3.67. The number of rotatable bonds is 12. The fourth-order valence-corrected chi connectivity index (χ4v) is 5.53. The Morgan fingerprint density at radius 3 is 2.09 bits per heavy atom. The van der Waals surface area contributed by atoms with Crippen LogP contribution in [0.15, 0.2) is 71.8 Å². The van der Waals surface area contributed by atoms with Crippen LogP contribution in [0.2, 0.25) is 0 Å². The highest BCUT2D eigenvalue weighted by molar-refractivity contribution is 6.04. The summed E-state index contributed by atoms with van der Waals surface area (Å²) in [5.74, 6) is 2.08. The molecule has 0 saturated carbocycles. The van der Waals surface area contributed by atoms with Gasteiger partial charge in [-0.15, -0.1) is 0 Å². The number of ether oxygens (including phenoxy) is 5. The lowest BCUT2D eigenvalue weighted by atomic mass is 9.97. The Bertz CT molecular complexity index is 1490. The van der Waals surface area contributed by atoms with Gasteiger partial charge in [0.05, 0.1) is 53.4 Å². The van der Waals surface area contributed by atoms with Gasteiger partial charge in [0.15, 0.2) is 0 Å². The van der Waals surface area contributed by atoms with E-state index < -0.39 is 6.04 Å². The van der Waals surface area contributed by atoms with E-state index in [0.29, 0.717) is 55.5 Å². The average Bonchev–Trinajstić information content (AvgIpc) is 3.55. The number of morpholine rings is 1. The molecule has 1 unspecified atom stereocenters. The van der Waals surface area contributed by atoms with Crippen molar-refractivity contribution in [3.8, 4) is 23.0 Å². The van der Waals surface area contributed by atoms with E-state index in [2.05, 4.69) is 4.90 Å².